The second-order valence-corrected chi connectivity index (χ2v) is 6.92. The standard InChI is InChI=1S/C18H14F2N4O4S/c1-8-12-15-22-14(9-4-5-10(28-18(19)20)11(6-9)26-2)23-24(15)7-21-16(12)29-13(8)17(25)27-3/h4-7,18H,1-3H3. The van der Waals surface area contributed by atoms with Gasteiger partial charge in [0.05, 0.1) is 19.6 Å². The van der Waals surface area contributed by atoms with Crippen molar-refractivity contribution in [2.45, 2.75) is 13.5 Å². The molecule has 0 atom stereocenters. The highest BCUT2D eigenvalue weighted by Crippen LogP contribution is 2.35. The van der Waals surface area contributed by atoms with Gasteiger partial charge in [-0.25, -0.2) is 19.3 Å². The Morgan fingerprint density at radius 2 is 2.03 bits per heavy atom. The summed E-state index contributed by atoms with van der Waals surface area (Å²) in [4.78, 5) is 22.0. The lowest BCUT2D eigenvalue weighted by atomic mass is 10.2. The number of carbonyl (C=O) groups excluding carboxylic acids is 1. The molecule has 0 bridgehead atoms. The fourth-order valence-corrected chi connectivity index (χ4v) is 4.01. The first-order chi connectivity index (χ1) is 13.9. The zero-order chi connectivity index (χ0) is 20.7. The van der Waals surface area contributed by atoms with Gasteiger partial charge in [0.1, 0.15) is 16.0 Å². The Balaban J connectivity index is 1.85. The zero-order valence-electron chi connectivity index (χ0n) is 15.5. The number of rotatable bonds is 5. The first kappa shape index (κ1) is 19.0. The third kappa shape index (κ3) is 3.23. The van der Waals surface area contributed by atoms with E-state index in [4.69, 9.17) is 9.47 Å². The summed E-state index contributed by atoms with van der Waals surface area (Å²) < 4.78 is 40.9. The van der Waals surface area contributed by atoms with Crippen LogP contribution in [0.25, 0.3) is 27.3 Å². The number of alkyl halides is 2. The fourth-order valence-electron chi connectivity index (χ4n) is 2.94. The lowest BCUT2D eigenvalue weighted by Crippen LogP contribution is -2.03. The normalized spacial score (nSPS) is 11.4. The number of halogens is 2. The predicted molar refractivity (Wildman–Crippen MR) is 101 cm³/mol. The Bertz CT molecular complexity index is 1240. The number of benzene rings is 1. The number of aromatic nitrogens is 4. The van der Waals surface area contributed by atoms with Gasteiger partial charge in [0, 0.05) is 5.56 Å². The van der Waals surface area contributed by atoms with E-state index in [0.29, 0.717) is 37.7 Å². The van der Waals surface area contributed by atoms with E-state index >= 15 is 0 Å². The van der Waals surface area contributed by atoms with Crippen molar-refractivity contribution in [2.75, 3.05) is 14.2 Å². The SMILES string of the molecule is COC(=O)c1sc2ncn3nc(-c4ccc(OC(F)F)c(OC)c4)nc3c2c1C. The van der Waals surface area contributed by atoms with Crippen LogP contribution in [-0.4, -0.2) is 46.4 Å². The lowest BCUT2D eigenvalue weighted by Gasteiger charge is -2.10. The first-order valence-electron chi connectivity index (χ1n) is 8.29. The quantitative estimate of drug-likeness (QED) is 0.455. The molecule has 29 heavy (non-hydrogen) atoms. The molecule has 0 fully saturated rings. The lowest BCUT2D eigenvalue weighted by molar-refractivity contribution is -0.0512. The molecule has 1 aromatic carbocycles. The Hall–Kier alpha value is -3.34. The maximum absolute atomic E-state index is 12.5. The van der Waals surface area contributed by atoms with Gasteiger partial charge in [0.2, 0.25) is 0 Å². The van der Waals surface area contributed by atoms with Crippen molar-refractivity contribution in [2.24, 2.45) is 0 Å². The van der Waals surface area contributed by atoms with Gasteiger partial charge >= 0.3 is 12.6 Å². The minimum Gasteiger partial charge on any atom is -0.493 e. The monoisotopic (exact) mass is 420 g/mol. The molecule has 4 aromatic rings. The molecule has 0 N–H and O–H groups in total. The number of aryl methyl sites for hydroxylation is 1. The average Bonchev–Trinajstić information content (AvgIpc) is 3.28. The zero-order valence-corrected chi connectivity index (χ0v) is 16.3. The number of carbonyl (C=O) groups is 1. The van der Waals surface area contributed by atoms with E-state index in [1.165, 1.54) is 48.5 Å². The third-order valence-corrected chi connectivity index (χ3v) is 5.46. The molecule has 0 unspecified atom stereocenters. The molecule has 0 amide bonds. The van der Waals surface area contributed by atoms with Crippen LogP contribution in [0.4, 0.5) is 8.78 Å². The molecule has 4 rings (SSSR count). The summed E-state index contributed by atoms with van der Waals surface area (Å²) in [7, 11) is 2.67. The third-order valence-electron chi connectivity index (χ3n) is 4.28. The minimum absolute atomic E-state index is 0.0875. The Morgan fingerprint density at radius 1 is 1.24 bits per heavy atom. The maximum atomic E-state index is 12.5. The number of hydrogen-bond acceptors (Lipinski definition) is 8. The van der Waals surface area contributed by atoms with E-state index in [0.717, 1.165) is 0 Å². The number of ether oxygens (including phenoxy) is 3. The summed E-state index contributed by atoms with van der Waals surface area (Å²) in [5.74, 6) is -0.0609. The summed E-state index contributed by atoms with van der Waals surface area (Å²) in [6, 6.07) is 4.43. The molecule has 150 valence electrons. The van der Waals surface area contributed by atoms with Gasteiger partial charge in [0.25, 0.3) is 0 Å². The number of thiophene rings is 1. The van der Waals surface area contributed by atoms with Crippen LogP contribution < -0.4 is 9.47 Å². The van der Waals surface area contributed by atoms with Gasteiger partial charge in [-0.15, -0.1) is 16.4 Å². The number of fused-ring (bicyclic) bond motifs is 3. The van der Waals surface area contributed by atoms with Crippen molar-refractivity contribution < 1.29 is 27.8 Å². The van der Waals surface area contributed by atoms with Crippen LogP contribution in [0.2, 0.25) is 0 Å². The summed E-state index contributed by atoms with van der Waals surface area (Å²) in [6.45, 7) is -1.17. The summed E-state index contributed by atoms with van der Waals surface area (Å²) in [5.41, 5.74) is 1.76. The van der Waals surface area contributed by atoms with Gasteiger partial charge in [0.15, 0.2) is 23.0 Å². The molecule has 3 aromatic heterocycles. The van der Waals surface area contributed by atoms with Crippen molar-refractivity contribution in [1.82, 2.24) is 19.6 Å². The molecule has 0 radical (unpaired) electrons. The molecular formula is C18H14F2N4O4S. The molecule has 0 spiro atoms. The largest absolute Gasteiger partial charge is 0.493 e. The fraction of sp³-hybridized carbons (Fsp3) is 0.222. The molecule has 11 heteroatoms. The molecule has 0 aliphatic heterocycles. The smallest absolute Gasteiger partial charge is 0.387 e. The van der Waals surface area contributed by atoms with E-state index in [1.807, 2.05) is 0 Å². The summed E-state index contributed by atoms with van der Waals surface area (Å²) in [5, 5.41) is 5.10. The molecule has 3 heterocycles. The molecule has 0 saturated heterocycles. The van der Waals surface area contributed by atoms with Crippen LogP contribution in [-0.2, 0) is 4.74 Å². The Morgan fingerprint density at radius 3 is 2.72 bits per heavy atom. The van der Waals surface area contributed by atoms with Crippen molar-refractivity contribution in [1.29, 1.82) is 0 Å². The van der Waals surface area contributed by atoms with E-state index in [9.17, 15) is 13.6 Å². The van der Waals surface area contributed by atoms with Crippen molar-refractivity contribution in [3.8, 4) is 22.9 Å². The van der Waals surface area contributed by atoms with E-state index in [-0.39, 0.29) is 11.5 Å². The van der Waals surface area contributed by atoms with Gasteiger partial charge in [-0.2, -0.15) is 8.78 Å². The molecule has 0 saturated carbocycles. The van der Waals surface area contributed by atoms with Gasteiger partial charge < -0.3 is 14.2 Å². The number of hydrogen-bond donors (Lipinski definition) is 0. The van der Waals surface area contributed by atoms with Gasteiger partial charge in [-0.1, -0.05) is 0 Å². The van der Waals surface area contributed by atoms with Gasteiger partial charge in [-0.3, -0.25) is 0 Å². The van der Waals surface area contributed by atoms with Crippen molar-refractivity contribution in [3.05, 3.63) is 35.0 Å². The second-order valence-electron chi connectivity index (χ2n) is 5.92. The van der Waals surface area contributed by atoms with E-state index in [1.54, 1.807) is 13.0 Å². The number of methoxy groups -OCH3 is 2. The first-order valence-corrected chi connectivity index (χ1v) is 9.10. The van der Waals surface area contributed by atoms with Crippen molar-refractivity contribution in [3.63, 3.8) is 0 Å². The summed E-state index contributed by atoms with van der Waals surface area (Å²) in [6.07, 6.45) is 1.50. The maximum Gasteiger partial charge on any atom is 0.387 e. The number of nitrogens with zero attached hydrogens (tertiary/aromatic N) is 4. The summed E-state index contributed by atoms with van der Waals surface area (Å²) >= 11 is 1.22. The topological polar surface area (TPSA) is 87.8 Å². The van der Waals surface area contributed by atoms with Crippen molar-refractivity contribution >= 4 is 33.2 Å². The molecule has 8 nitrogen and oxygen atoms in total. The van der Waals surface area contributed by atoms with Crippen LogP contribution in [0.5, 0.6) is 11.5 Å². The molecule has 0 aliphatic carbocycles. The van der Waals surface area contributed by atoms with Crippen LogP contribution >= 0.6 is 11.3 Å². The average molecular weight is 420 g/mol. The highest BCUT2D eigenvalue weighted by molar-refractivity contribution is 7.20. The van der Waals surface area contributed by atoms with Crippen LogP contribution in [0, 0.1) is 6.92 Å². The van der Waals surface area contributed by atoms with E-state index < -0.39 is 12.6 Å². The number of esters is 1. The molecular weight excluding hydrogens is 406 g/mol. The minimum atomic E-state index is -2.96. The Labute approximate surface area is 166 Å². The highest BCUT2D eigenvalue weighted by atomic mass is 32.1. The van der Waals surface area contributed by atoms with Crippen LogP contribution in [0.1, 0.15) is 15.2 Å². The van der Waals surface area contributed by atoms with Gasteiger partial charge in [-0.05, 0) is 30.7 Å². The Kier molecular flexibility index (Phi) is 4.74. The predicted octanol–water partition coefficient (Wildman–Crippen LogP) is 3.71. The second kappa shape index (κ2) is 7.24. The van der Waals surface area contributed by atoms with Crippen LogP contribution in [0.15, 0.2) is 24.5 Å². The van der Waals surface area contributed by atoms with Crippen LogP contribution in [0.3, 0.4) is 0 Å². The van der Waals surface area contributed by atoms with E-state index in [2.05, 4.69) is 19.8 Å². The molecule has 0 aliphatic rings. The highest BCUT2D eigenvalue weighted by Gasteiger charge is 2.21.